The lowest BCUT2D eigenvalue weighted by molar-refractivity contribution is -0.136. The number of carbonyl (C=O) groups excluding carboxylic acids is 2. The summed E-state index contributed by atoms with van der Waals surface area (Å²) >= 11 is 0. The number of amides is 2. The van der Waals surface area contributed by atoms with Crippen molar-refractivity contribution in [3.05, 3.63) is 24.3 Å². The molecule has 0 aliphatic carbocycles. The third kappa shape index (κ3) is 5.39. The Morgan fingerprint density at radius 3 is 2.68 bits per heavy atom. The number of hydrogen-bond donors (Lipinski definition) is 3. The van der Waals surface area contributed by atoms with Gasteiger partial charge in [-0.15, -0.1) is 0 Å². The second kappa shape index (κ2) is 8.10. The lowest BCUT2D eigenvalue weighted by Crippen LogP contribution is -2.36. The van der Waals surface area contributed by atoms with Gasteiger partial charge in [-0.05, 0) is 25.5 Å². The number of aromatic hydroxyl groups is 1. The van der Waals surface area contributed by atoms with Gasteiger partial charge in [0.2, 0.25) is 0 Å². The molecule has 0 atom stereocenters. The van der Waals surface area contributed by atoms with Crippen molar-refractivity contribution >= 4 is 17.5 Å². The Balaban J connectivity index is 2.33. The molecule has 1 aromatic carbocycles. The summed E-state index contributed by atoms with van der Waals surface area (Å²) in [4.78, 5) is 23.0. The van der Waals surface area contributed by atoms with Gasteiger partial charge in [-0.3, -0.25) is 9.59 Å². The average Bonchev–Trinajstić information content (AvgIpc) is 2.41. The zero-order valence-electron chi connectivity index (χ0n) is 10.8. The Kier molecular flexibility index (Phi) is 6.38. The lowest BCUT2D eigenvalue weighted by atomic mass is 10.3. The number of phenolic OH excluding ortho intramolecular Hbond substituents is 1. The predicted octanol–water partition coefficient (Wildman–Crippen LogP) is 0.873. The van der Waals surface area contributed by atoms with Gasteiger partial charge < -0.3 is 20.5 Å². The molecule has 2 amide bonds. The second-order valence-electron chi connectivity index (χ2n) is 3.78. The highest BCUT2D eigenvalue weighted by atomic mass is 16.5. The normalized spacial score (nSPS) is 9.95. The molecule has 0 aliphatic rings. The standard InChI is InChI=1S/C13H18N2O4/c1-2-19-9-5-8-14-12(17)13(18)15-10-6-3-4-7-11(10)16/h3-4,6-7,16H,2,5,8-9H2,1H3,(H,14,17)(H,15,18). The summed E-state index contributed by atoms with van der Waals surface area (Å²) in [5.74, 6) is -1.63. The Bertz CT molecular complexity index is 434. The smallest absolute Gasteiger partial charge is 0.313 e. The number of rotatable bonds is 6. The first-order chi connectivity index (χ1) is 9.15. The van der Waals surface area contributed by atoms with Crippen LogP contribution in [0.3, 0.4) is 0 Å². The molecule has 0 saturated carbocycles. The maximum absolute atomic E-state index is 11.5. The summed E-state index contributed by atoms with van der Waals surface area (Å²) in [6.07, 6.45) is 0.642. The number of para-hydroxylation sites is 2. The van der Waals surface area contributed by atoms with Gasteiger partial charge in [0, 0.05) is 19.8 Å². The Hall–Kier alpha value is -2.08. The molecule has 1 rings (SSSR count). The monoisotopic (exact) mass is 266 g/mol. The number of benzene rings is 1. The van der Waals surface area contributed by atoms with E-state index in [0.717, 1.165) is 0 Å². The van der Waals surface area contributed by atoms with Crippen molar-refractivity contribution in [3.8, 4) is 5.75 Å². The molecule has 0 aromatic heterocycles. The van der Waals surface area contributed by atoms with Gasteiger partial charge in [0.1, 0.15) is 5.75 Å². The number of phenols is 1. The molecule has 0 radical (unpaired) electrons. The topological polar surface area (TPSA) is 87.7 Å². The SMILES string of the molecule is CCOCCCNC(=O)C(=O)Nc1ccccc1O. The lowest BCUT2D eigenvalue weighted by Gasteiger charge is -2.07. The van der Waals surface area contributed by atoms with Gasteiger partial charge >= 0.3 is 11.8 Å². The first kappa shape index (κ1) is 15.0. The van der Waals surface area contributed by atoms with Crippen LogP contribution in [0.4, 0.5) is 5.69 Å². The molecule has 0 aliphatic heterocycles. The van der Waals surface area contributed by atoms with Gasteiger partial charge in [-0.25, -0.2) is 0 Å². The third-order valence-corrected chi connectivity index (χ3v) is 2.31. The van der Waals surface area contributed by atoms with E-state index in [9.17, 15) is 14.7 Å². The highest BCUT2D eigenvalue weighted by Gasteiger charge is 2.14. The first-order valence-electron chi connectivity index (χ1n) is 6.10. The van der Waals surface area contributed by atoms with Crippen LogP contribution >= 0.6 is 0 Å². The van der Waals surface area contributed by atoms with E-state index >= 15 is 0 Å². The van der Waals surface area contributed by atoms with Crippen molar-refractivity contribution < 1.29 is 19.4 Å². The minimum atomic E-state index is -0.807. The van der Waals surface area contributed by atoms with Crippen molar-refractivity contribution in [2.24, 2.45) is 0 Å². The van der Waals surface area contributed by atoms with Gasteiger partial charge in [-0.1, -0.05) is 12.1 Å². The summed E-state index contributed by atoms with van der Waals surface area (Å²) < 4.78 is 5.10. The van der Waals surface area contributed by atoms with Crippen LogP contribution in [-0.2, 0) is 14.3 Å². The molecule has 0 bridgehead atoms. The van der Waals surface area contributed by atoms with Gasteiger partial charge in [0.15, 0.2) is 0 Å². The highest BCUT2D eigenvalue weighted by Crippen LogP contribution is 2.21. The first-order valence-corrected chi connectivity index (χ1v) is 6.10. The van der Waals surface area contributed by atoms with Crippen LogP contribution in [-0.4, -0.2) is 36.7 Å². The summed E-state index contributed by atoms with van der Waals surface area (Å²) in [6.45, 7) is 3.42. The zero-order valence-corrected chi connectivity index (χ0v) is 10.8. The van der Waals surface area contributed by atoms with Crippen LogP contribution in [0.1, 0.15) is 13.3 Å². The molecule has 0 saturated heterocycles. The Morgan fingerprint density at radius 2 is 2.00 bits per heavy atom. The van der Waals surface area contributed by atoms with E-state index in [1.54, 1.807) is 12.1 Å². The van der Waals surface area contributed by atoms with E-state index in [1.165, 1.54) is 12.1 Å². The molecule has 3 N–H and O–H groups in total. The van der Waals surface area contributed by atoms with E-state index in [0.29, 0.717) is 26.2 Å². The van der Waals surface area contributed by atoms with Crippen molar-refractivity contribution in [2.45, 2.75) is 13.3 Å². The van der Waals surface area contributed by atoms with Crippen molar-refractivity contribution in [2.75, 3.05) is 25.1 Å². The van der Waals surface area contributed by atoms with E-state index in [4.69, 9.17) is 4.74 Å². The molecule has 0 fully saturated rings. The zero-order chi connectivity index (χ0) is 14.1. The number of nitrogens with one attached hydrogen (secondary N) is 2. The van der Waals surface area contributed by atoms with Crippen LogP contribution in [0.15, 0.2) is 24.3 Å². The van der Waals surface area contributed by atoms with Gasteiger partial charge in [0.25, 0.3) is 0 Å². The maximum Gasteiger partial charge on any atom is 0.313 e. The van der Waals surface area contributed by atoms with Crippen LogP contribution in [0.5, 0.6) is 5.75 Å². The number of anilines is 1. The molecule has 1 aromatic rings. The fourth-order valence-electron chi connectivity index (χ4n) is 1.36. The fraction of sp³-hybridized carbons (Fsp3) is 0.385. The van der Waals surface area contributed by atoms with E-state index < -0.39 is 11.8 Å². The minimum absolute atomic E-state index is 0.0833. The molecule has 6 heteroatoms. The van der Waals surface area contributed by atoms with Gasteiger partial charge in [-0.2, -0.15) is 0 Å². The van der Waals surface area contributed by atoms with Crippen LogP contribution in [0, 0.1) is 0 Å². The van der Waals surface area contributed by atoms with Crippen molar-refractivity contribution in [1.29, 1.82) is 0 Å². The van der Waals surface area contributed by atoms with Crippen LogP contribution in [0.2, 0.25) is 0 Å². The molecule has 19 heavy (non-hydrogen) atoms. The van der Waals surface area contributed by atoms with Crippen LogP contribution in [0.25, 0.3) is 0 Å². The van der Waals surface area contributed by atoms with Crippen molar-refractivity contribution in [1.82, 2.24) is 5.32 Å². The summed E-state index contributed by atoms with van der Waals surface area (Å²) in [7, 11) is 0. The minimum Gasteiger partial charge on any atom is -0.506 e. The Morgan fingerprint density at radius 1 is 1.26 bits per heavy atom. The number of ether oxygens (including phenoxy) is 1. The van der Waals surface area contributed by atoms with E-state index in [2.05, 4.69) is 10.6 Å². The molecule has 0 heterocycles. The fourth-order valence-corrected chi connectivity index (χ4v) is 1.36. The quantitative estimate of drug-likeness (QED) is 0.405. The average molecular weight is 266 g/mol. The second-order valence-corrected chi connectivity index (χ2v) is 3.78. The number of carbonyl (C=O) groups is 2. The summed E-state index contributed by atoms with van der Waals surface area (Å²) in [5, 5.41) is 14.2. The molecular formula is C13H18N2O4. The summed E-state index contributed by atoms with van der Waals surface area (Å²) in [6, 6.07) is 6.21. The van der Waals surface area contributed by atoms with Crippen molar-refractivity contribution in [3.63, 3.8) is 0 Å². The highest BCUT2D eigenvalue weighted by molar-refractivity contribution is 6.39. The maximum atomic E-state index is 11.5. The number of hydrogen-bond acceptors (Lipinski definition) is 4. The summed E-state index contributed by atoms with van der Waals surface area (Å²) in [5.41, 5.74) is 0.206. The largest absolute Gasteiger partial charge is 0.506 e. The molecule has 0 unspecified atom stereocenters. The van der Waals surface area contributed by atoms with E-state index in [-0.39, 0.29) is 11.4 Å². The Labute approximate surface area is 111 Å². The van der Waals surface area contributed by atoms with Crippen LogP contribution < -0.4 is 10.6 Å². The van der Waals surface area contributed by atoms with Gasteiger partial charge in [0.05, 0.1) is 5.69 Å². The molecule has 6 nitrogen and oxygen atoms in total. The third-order valence-electron chi connectivity index (χ3n) is 2.31. The van der Waals surface area contributed by atoms with E-state index in [1.807, 2.05) is 6.92 Å². The predicted molar refractivity (Wildman–Crippen MR) is 70.9 cm³/mol. The molecular weight excluding hydrogens is 248 g/mol. The molecule has 104 valence electrons. The molecule has 0 spiro atoms.